The van der Waals surface area contributed by atoms with Gasteiger partial charge in [-0.3, -0.25) is 0 Å². The van der Waals surface area contributed by atoms with Crippen LogP contribution in [0, 0.1) is 0 Å². The highest BCUT2D eigenvalue weighted by molar-refractivity contribution is 7.90. The normalized spacial score (nSPS) is 12.3. The van der Waals surface area contributed by atoms with Crippen molar-refractivity contribution in [3.8, 4) is 0 Å². The summed E-state index contributed by atoms with van der Waals surface area (Å²) in [7, 11) is -5.24. The molecule has 0 bridgehead atoms. The van der Waals surface area contributed by atoms with Gasteiger partial charge in [-0.1, -0.05) is 30.3 Å². The molecule has 0 saturated carbocycles. The summed E-state index contributed by atoms with van der Waals surface area (Å²) in [5, 5.41) is 9.35. The van der Waals surface area contributed by atoms with Crippen molar-refractivity contribution in [1.82, 2.24) is 4.31 Å². The van der Waals surface area contributed by atoms with Gasteiger partial charge in [0.2, 0.25) is 10.0 Å². The van der Waals surface area contributed by atoms with Crippen molar-refractivity contribution >= 4 is 25.8 Å². The number of carbonyl (C=O) groups is 1. The van der Waals surface area contributed by atoms with Gasteiger partial charge in [-0.05, 0) is 23.8 Å². The van der Waals surface area contributed by atoms with Crippen LogP contribution >= 0.6 is 0 Å². The van der Waals surface area contributed by atoms with Crippen molar-refractivity contribution in [2.75, 3.05) is 14.1 Å². The van der Waals surface area contributed by atoms with Crippen LogP contribution in [0.2, 0.25) is 0 Å². The van der Waals surface area contributed by atoms with E-state index in [0.717, 1.165) is 22.5 Å². The standard InChI is InChI=1S/C16H17NO6S2/c1-17(2)25(22,23)13-8-9-15(14(10-13)16(18)19)24(20,21)11-12-6-4-3-5-7-12/h3-10H,11H2,1-2H3,(H,18,19). The van der Waals surface area contributed by atoms with Crippen molar-refractivity contribution in [2.45, 2.75) is 15.5 Å². The molecule has 9 heteroatoms. The number of carboxylic acid groups (broad SMARTS) is 1. The largest absolute Gasteiger partial charge is 0.478 e. The summed E-state index contributed by atoms with van der Waals surface area (Å²) in [6, 6.07) is 11.3. The second-order valence-electron chi connectivity index (χ2n) is 5.50. The van der Waals surface area contributed by atoms with E-state index in [1.165, 1.54) is 14.1 Å². The summed E-state index contributed by atoms with van der Waals surface area (Å²) >= 11 is 0. The van der Waals surface area contributed by atoms with Gasteiger partial charge in [0.15, 0.2) is 9.84 Å². The molecule has 2 rings (SSSR count). The number of sulfone groups is 1. The molecule has 25 heavy (non-hydrogen) atoms. The summed E-state index contributed by atoms with van der Waals surface area (Å²) in [5.41, 5.74) is -0.0670. The number of carboxylic acids is 1. The smallest absolute Gasteiger partial charge is 0.337 e. The molecule has 0 aliphatic heterocycles. The molecule has 0 amide bonds. The second kappa shape index (κ2) is 6.95. The van der Waals surface area contributed by atoms with Crippen LogP contribution in [-0.4, -0.2) is 46.3 Å². The van der Waals surface area contributed by atoms with E-state index < -0.39 is 36.3 Å². The lowest BCUT2D eigenvalue weighted by Crippen LogP contribution is -2.23. The van der Waals surface area contributed by atoms with Gasteiger partial charge in [0.25, 0.3) is 0 Å². The van der Waals surface area contributed by atoms with E-state index in [9.17, 15) is 26.7 Å². The third-order valence-electron chi connectivity index (χ3n) is 3.49. The highest BCUT2D eigenvalue weighted by atomic mass is 32.2. The Morgan fingerprint density at radius 1 is 1.00 bits per heavy atom. The van der Waals surface area contributed by atoms with Crippen LogP contribution in [0.5, 0.6) is 0 Å². The maximum Gasteiger partial charge on any atom is 0.337 e. The molecule has 0 saturated heterocycles. The average Bonchev–Trinajstić information content (AvgIpc) is 2.54. The van der Waals surface area contributed by atoms with Crippen molar-refractivity contribution < 1.29 is 26.7 Å². The monoisotopic (exact) mass is 383 g/mol. The molecule has 0 fully saturated rings. The third-order valence-corrected chi connectivity index (χ3v) is 7.05. The topological polar surface area (TPSA) is 109 Å². The lowest BCUT2D eigenvalue weighted by Gasteiger charge is -2.14. The van der Waals surface area contributed by atoms with Gasteiger partial charge in [-0.15, -0.1) is 0 Å². The summed E-state index contributed by atoms with van der Waals surface area (Å²) in [6.07, 6.45) is 0. The minimum absolute atomic E-state index is 0.284. The van der Waals surface area contributed by atoms with Crippen LogP contribution < -0.4 is 0 Å². The maximum absolute atomic E-state index is 12.6. The van der Waals surface area contributed by atoms with Crippen LogP contribution in [0.15, 0.2) is 58.3 Å². The van der Waals surface area contributed by atoms with Gasteiger partial charge in [0.05, 0.1) is 21.1 Å². The zero-order chi connectivity index (χ0) is 18.8. The minimum atomic E-state index is -3.96. The quantitative estimate of drug-likeness (QED) is 0.812. The maximum atomic E-state index is 12.6. The van der Waals surface area contributed by atoms with E-state index in [1.807, 2.05) is 0 Å². The van der Waals surface area contributed by atoms with Crippen LogP contribution in [0.1, 0.15) is 15.9 Å². The third kappa shape index (κ3) is 4.06. The van der Waals surface area contributed by atoms with E-state index in [4.69, 9.17) is 0 Å². The van der Waals surface area contributed by atoms with Crippen molar-refractivity contribution in [3.05, 3.63) is 59.7 Å². The number of rotatable bonds is 6. The minimum Gasteiger partial charge on any atom is -0.478 e. The number of aromatic carboxylic acids is 1. The van der Waals surface area contributed by atoms with Gasteiger partial charge in [-0.25, -0.2) is 25.9 Å². The molecule has 1 N–H and O–H groups in total. The molecule has 7 nitrogen and oxygen atoms in total. The fraction of sp³-hybridized carbons (Fsp3) is 0.188. The summed E-state index contributed by atoms with van der Waals surface area (Å²) in [4.78, 5) is 10.8. The average molecular weight is 383 g/mol. The molecular weight excluding hydrogens is 366 g/mol. The molecule has 0 aliphatic carbocycles. The number of hydrogen-bond donors (Lipinski definition) is 1. The van der Waals surface area contributed by atoms with Crippen LogP contribution in [0.25, 0.3) is 0 Å². The predicted octanol–water partition coefficient (Wildman–Crippen LogP) is 1.61. The molecule has 0 aromatic heterocycles. The van der Waals surface area contributed by atoms with Crippen molar-refractivity contribution in [2.24, 2.45) is 0 Å². The van der Waals surface area contributed by atoms with Crippen molar-refractivity contribution in [3.63, 3.8) is 0 Å². The van der Waals surface area contributed by atoms with Crippen LogP contribution in [0.3, 0.4) is 0 Å². The number of hydrogen-bond acceptors (Lipinski definition) is 5. The number of sulfonamides is 1. The molecule has 0 unspecified atom stereocenters. The summed E-state index contributed by atoms with van der Waals surface area (Å²) < 4.78 is 50.4. The highest BCUT2D eigenvalue weighted by Gasteiger charge is 2.26. The fourth-order valence-corrected chi connectivity index (χ4v) is 4.66. The zero-order valence-electron chi connectivity index (χ0n) is 13.6. The Labute approximate surface area is 146 Å². The highest BCUT2D eigenvalue weighted by Crippen LogP contribution is 2.25. The van der Waals surface area contributed by atoms with Gasteiger partial charge >= 0.3 is 5.97 Å². The first-order chi connectivity index (χ1) is 11.6. The lowest BCUT2D eigenvalue weighted by molar-refractivity contribution is 0.0692. The summed E-state index contributed by atoms with van der Waals surface area (Å²) in [6.45, 7) is 0. The van der Waals surface area contributed by atoms with Gasteiger partial charge in [-0.2, -0.15) is 0 Å². The Morgan fingerprint density at radius 3 is 2.12 bits per heavy atom. The number of nitrogens with zero attached hydrogens (tertiary/aromatic N) is 1. The lowest BCUT2D eigenvalue weighted by atomic mass is 10.2. The second-order valence-corrected chi connectivity index (χ2v) is 9.61. The molecule has 2 aromatic rings. The van der Waals surface area contributed by atoms with Crippen LogP contribution in [0.4, 0.5) is 0 Å². The van der Waals surface area contributed by atoms with E-state index in [-0.39, 0.29) is 10.6 Å². The SMILES string of the molecule is CN(C)S(=O)(=O)c1ccc(S(=O)(=O)Cc2ccccc2)c(C(=O)O)c1. The molecule has 0 radical (unpaired) electrons. The fourth-order valence-electron chi connectivity index (χ4n) is 2.19. The predicted molar refractivity (Wildman–Crippen MR) is 91.6 cm³/mol. The van der Waals surface area contributed by atoms with Crippen LogP contribution in [-0.2, 0) is 25.6 Å². The first-order valence-electron chi connectivity index (χ1n) is 7.12. The van der Waals surface area contributed by atoms with Gasteiger partial charge in [0, 0.05) is 14.1 Å². The first-order valence-corrected chi connectivity index (χ1v) is 10.2. The van der Waals surface area contributed by atoms with Gasteiger partial charge in [0.1, 0.15) is 0 Å². The van der Waals surface area contributed by atoms with E-state index in [2.05, 4.69) is 0 Å². The molecule has 0 aliphatic rings. The molecule has 0 spiro atoms. The molecular formula is C16H17NO6S2. The Morgan fingerprint density at radius 2 is 1.60 bits per heavy atom. The molecule has 0 heterocycles. The molecule has 134 valence electrons. The Kier molecular flexibility index (Phi) is 5.31. The van der Waals surface area contributed by atoms with Gasteiger partial charge < -0.3 is 5.11 Å². The Bertz CT molecular complexity index is 996. The summed E-state index contributed by atoms with van der Waals surface area (Å²) in [5.74, 6) is -1.89. The van der Waals surface area contributed by atoms with E-state index >= 15 is 0 Å². The first kappa shape index (κ1) is 19.1. The molecule has 0 atom stereocenters. The van der Waals surface area contributed by atoms with Crippen molar-refractivity contribution in [1.29, 1.82) is 0 Å². The molecule has 2 aromatic carbocycles. The van der Waals surface area contributed by atoms with E-state index in [1.54, 1.807) is 30.3 Å². The Hall–Kier alpha value is -2.23. The van der Waals surface area contributed by atoms with E-state index in [0.29, 0.717) is 5.56 Å². The number of benzene rings is 2. The zero-order valence-corrected chi connectivity index (χ0v) is 15.2. The Balaban J connectivity index is 2.57.